The molecule has 0 aliphatic rings. The van der Waals surface area contributed by atoms with Gasteiger partial charge in [0.25, 0.3) is 5.91 Å². The molecule has 0 spiro atoms. The molecule has 0 atom stereocenters. The number of rotatable bonds is 2. The van der Waals surface area contributed by atoms with Crippen molar-refractivity contribution in [3.8, 4) is 0 Å². The van der Waals surface area contributed by atoms with Crippen LogP contribution in [-0.4, -0.2) is 15.5 Å². The largest absolute Gasteiger partial charge is 0.330 e. The maximum absolute atomic E-state index is 12.0. The lowest BCUT2D eigenvalue weighted by Crippen LogP contribution is -2.15. The quantitative estimate of drug-likeness (QED) is 0.925. The van der Waals surface area contributed by atoms with Crippen molar-refractivity contribution in [2.24, 2.45) is 7.05 Å². The number of anilines is 1. The number of halogens is 1. The van der Waals surface area contributed by atoms with Gasteiger partial charge in [-0.15, -0.1) is 0 Å². The van der Waals surface area contributed by atoms with Gasteiger partial charge in [-0.25, -0.2) is 4.98 Å². The standard InChI is InChI=1S/C12H12BrN3O/c1-8-3-4-9(13)5-10(8)15-12(17)11-6-14-7-16(11)2/h3-7H,1-2H3,(H,15,17). The third-order valence-corrected chi connectivity index (χ3v) is 2.99. The molecule has 1 N–H and O–H groups in total. The van der Waals surface area contributed by atoms with Crippen molar-refractivity contribution in [2.45, 2.75) is 6.92 Å². The fourth-order valence-electron chi connectivity index (χ4n) is 1.49. The van der Waals surface area contributed by atoms with Gasteiger partial charge in [-0.05, 0) is 24.6 Å². The maximum Gasteiger partial charge on any atom is 0.273 e. The molecule has 5 heteroatoms. The molecule has 0 aliphatic carbocycles. The Labute approximate surface area is 108 Å². The summed E-state index contributed by atoms with van der Waals surface area (Å²) in [5.74, 6) is -0.161. The minimum atomic E-state index is -0.161. The van der Waals surface area contributed by atoms with Crippen LogP contribution in [0.2, 0.25) is 0 Å². The summed E-state index contributed by atoms with van der Waals surface area (Å²) in [5, 5.41) is 2.86. The molecule has 1 heterocycles. The molecule has 2 aromatic rings. The van der Waals surface area contributed by atoms with Gasteiger partial charge in [0.15, 0.2) is 0 Å². The first-order valence-corrected chi connectivity index (χ1v) is 5.91. The highest BCUT2D eigenvalue weighted by atomic mass is 79.9. The second-order valence-corrected chi connectivity index (χ2v) is 4.72. The Morgan fingerprint density at radius 3 is 2.88 bits per heavy atom. The second-order valence-electron chi connectivity index (χ2n) is 3.80. The van der Waals surface area contributed by atoms with Crippen LogP contribution in [0.1, 0.15) is 16.1 Å². The molecule has 0 fully saturated rings. The lowest BCUT2D eigenvalue weighted by Gasteiger charge is -2.08. The van der Waals surface area contributed by atoms with E-state index >= 15 is 0 Å². The van der Waals surface area contributed by atoms with Crippen LogP contribution in [0, 0.1) is 6.92 Å². The van der Waals surface area contributed by atoms with Crippen molar-refractivity contribution < 1.29 is 4.79 Å². The van der Waals surface area contributed by atoms with Crippen LogP contribution >= 0.6 is 15.9 Å². The van der Waals surface area contributed by atoms with Crippen molar-refractivity contribution in [1.29, 1.82) is 0 Å². The summed E-state index contributed by atoms with van der Waals surface area (Å²) in [5.41, 5.74) is 2.35. The van der Waals surface area contributed by atoms with Crippen LogP contribution in [0.3, 0.4) is 0 Å². The number of nitrogens with one attached hydrogen (secondary N) is 1. The summed E-state index contributed by atoms with van der Waals surface area (Å²) < 4.78 is 2.62. The van der Waals surface area contributed by atoms with Gasteiger partial charge in [0.1, 0.15) is 5.69 Å². The number of hydrogen-bond donors (Lipinski definition) is 1. The predicted molar refractivity (Wildman–Crippen MR) is 70.0 cm³/mol. The van der Waals surface area contributed by atoms with Crippen molar-refractivity contribution >= 4 is 27.5 Å². The van der Waals surface area contributed by atoms with E-state index in [0.29, 0.717) is 5.69 Å². The SMILES string of the molecule is Cc1ccc(Br)cc1NC(=O)c1cncn1C. The molecule has 1 aromatic carbocycles. The summed E-state index contributed by atoms with van der Waals surface area (Å²) in [6, 6.07) is 5.77. The lowest BCUT2D eigenvalue weighted by atomic mass is 10.2. The molecule has 0 saturated heterocycles. The Morgan fingerprint density at radius 1 is 1.47 bits per heavy atom. The van der Waals surface area contributed by atoms with Gasteiger partial charge in [-0.2, -0.15) is 0 Å². The molecule has 88 valence electrons. The lowest BCUT2D eigenvalue weighted by molar-refractivity contribution is 0.101. The van der Waals surface area contributed by atoms with Gasteiger partial charge in [0, 0.05) is 17.2 Å². The molecule has 0 radical (unpaired) electrons. The van der Waals surface area contributed by atoms with Gasteiger partial charge in [0.05, 0.1) is 12.5 Å². The minimum Gasteiger partial charge on any atom is -0.330 e. The van der Waals surface area contributed by atoms with E-state index < -0.39 is 0 Å². The highest BCUT2D eigenvalue weighted by Gasteiger charge is 2.11. The minimum absolute atomic E-state index is 0.161. The van der Waals surface area contributed by atoms with Crippen molar-refractivity contribution in [3.63, 3.8) is 0 Å². The van der Waals surface area contributed by atoms with Crippen LogP contribution in [-0.2, 0) is 7.05 Å². The van der Waals surface area contributed by atoms with E-state index in [2.05, 4.69) is 26.2 Å². The monoisotopic (exact) mass is 293 g/mol. The number of aryl methyl sites for hydroxylation is 2. The molecule has 0 unspecified atom stereocenters. The average Bonchev–Trinajstić information content (AvgIpc) is 2.70. The highest BCUT2D eigenvalue weighted by molar-refractivity contribution is 9.10. The molecule has 1 amide bonds. The van der Waals surface area contributed by atoms with E-state index in [1.807, 2.05) is 25.1 Å². The number of benzene rings is 1. The molecule has 0 aliphatic heterocycles. The summed E-state index contributed by atoms with van der Waals surface area (Å²) in [6.45, 7) is 1.95. The highest BCUT2D eigenvalue weighted by Crippen LogP contribution is 2.21. The topological polar surface area (TPSA) is 46.9 Å². The number of nitrogens with zero attached hydrogens (tertiary/aromatic N) is 2. The van der Waals surface area contributed by atoms with Crippen LogP contribution in [0.25, 0.3) is 0 Å². The normalized spacial score (nSPS) is 10.3. The van der Waals surface area contributed by atoms with E-state index in [1.165, 1.54) is 0 Å². The third-order valence-electron chi connectivity index (χ3n) is 2.50. The molecule has 4 nitrogen and oxygen atoms in total. The van der Waals surface area contributed by atoms with E-state index in [4.69, 9.17) is 0 Å². The fourth-order valence-corrected chi connectivity index (χ4v) is 1.85. The van der Waals surface area contributed by atoms with Crippen molar-refractivity contribution in [2.75, 3.05) is 5.32 Å². The summed E-state index contributed by atoms with van der Waals surface area (Å²) in [6.07, 6.45) is 3.14. The number of carbonyl (C=O) groups is 1. The number of aromatic nitrogens is 2. The van der Waals surface area contributed by atoms with Crippen molar-refractivity contribution in [1.82, 2.24) is 9.55 Å². The van der Waals surface area contributed by atoms with Gasteiger partial charge < -0.3 is 9.88 Å². The second kappa shape index (κ2) is 4.71. The zero-order valence-corrected chi connectivity index (χ0v) is 11.2. The first-order valence-electron chi connectivity index (χ1n) is 5.12. The molecule has 2 rings (SSSR count). The van der Waals surface area contributed by atoms with Crippen molar-refractivity contribution in [3.05, 3.63) is 46.5 Å². The van der Waals surface area contributed by atoms with Crippen LogP contribution in [0.15, 0.2) is 35.2 Å². The Balaban J connectivity index is 2.24. The van der Waals surface area contributed by atoms with Crippen LogP contribution in [0.5, 0.6) is 0 Å². The van der Waals surface area contributed by atoms with E-state index in [1.54, 1.807) is 24.1 Å². The number of imidazole rings is 1. The Hall–Kier alpha value is -1.62. The Kier molecular flexibility index (Phi) is 3.28. The average molecular weight is 294 g/mol. The van der Waals surface area contributed by atoms with E-state index in [-0.39, 0.29) is 5.91 Å². The number of hydrogen-bond acceptors (Lipinski definition) is 2. The summed E-state index contributed by atoms with van der Waals surface area (Å²) in [4.78, 5) is 15.9. The fraction of sp³-hybridized carbons (Fsp3) is 0.167. The Morgan fingerprint density at radius 2 is 2.24 bits per heavy atom. The number of carbonyl (C=O) groups excluding carboxylic acids is 1. The molecule has 1 aromatic heterocycles. The predicted octanol–water partition coefficient (Wildman–Crippen LogP) is 2.74. The summed E-state index contributed by atoms with van der Waals surface area (Å²) in [7, 11) is 1.79. The molecular formula is C12H12BrN3O. The van der Waals surface area contributed by atoms with Gasteiger partial charge in [-0.3, -0.25) is 4.79 Å². The molecule has 0 bridgehead atoms. The smallest absolute Gasteiger partial charge is 0.273 e. The molecule has 17 heavy (non-hydrogen) atoms. The molecular weight excluding hydrogens is 282 g/mol. The molecule has 0 saturated carbocycles. The van der Waals surface area contributed by atoms with E-state index in [0.717, 1.165) is 15.7 Å². The van der Waals surface area contributed by atoms with Crippen LogP contribution in [0.4, 0.5) is 5.69 Å². The first-order chi connectivity index (χ1) is 8.08. The zero-order valence-electron chi connectivity index (χ0n) is 9.57. The van der Waals surface area contributed by atoms with Gasteiger partial charge in [0.2, 0.25) is 0 Å². The Bertz CT molecular complexity index is 563. The maximum atomic E-state index is 12.0. The van der Waals surface area contributed by atoms with Crippen LogP contribution < -0.4 is 5.32 Å². The third kappa shape index (κ3) is 2.55. The van der Waals surface area contributed by atoms with Gasteiger partial charge >= 0.3 is 0 Å². The first kappa shape index (κ1) is 11.9. The van der Waals surface area contributed by atoms with Gasteiger partial charge in [-0.1, -0.05) is 22.0 Å². The number of amides is 1. The summed E-state index contributed by atoms with van der Waals surface area (Å²) >= 11 is 3.38. The zero-order chi connectivity index (χ0) is 12.4. The van der Waals surface area contributed by atoms with E-state index in [9.17, 15) is 4.79 Å².